The number of aliphatic hydroxyl groups is 1. The molecular weight excluding hydrogens is 727 g/mol. The molecule has 1 aliphatic heterocycles. The number of methoxy groups -OCH3 is 1. The van der Waals surface area contributed by atoms with E-state index in [1.807, 2.05) is 81.6 Å². The van der Waals surface area contributed by atoms with E-state index >= 15 is 0 Å². The molecule has 3 aromatic heterocycles. The van der Waals surface area contributed by atoms with Gasteiger partial charge in [-0.2, -0.15) is 0 Å². The minimum absolute atomic E-state index is 0.0292. The van der Waals surface area contributed by atoms with Gasteiger partial charge >= 0.3 is 6.09 Å². The Morgan fingerprint density at radius 1 is 0.981 bits per heavy atom. The van der Waals surface area contributed by atoms with Crippen LogP contribution in [-0.2, 0) is 22.5 Å². The fourth-order valence-corrected chi connectivity index (χ4v) is 7.21. The number of nitrogens with zero attached hydrogens (tertiary/aromatic N) is 3. The van der Waals surface area contributed by atoms with Crippen molar-refractivity contribution in [3.05, 3.63) is 88.0 Å². The largest absolute Gasteiger partial charge is 0.481 e. The van der Waals surface area contributed by atoms with E-state index in [2.05, 4.69) is 21.7 Å². The fourth-order valence-electron chi connectivity index (χ4n) is 6.56. The molecule has 13 heteroatoms. The number of pyridine rings is 2. The molecular formula is C41H46Cl2N6O5. The lowest BCUT2D eigenvalue weighted by molar-refractivity contribution is -0.119. The number of hydrogen-bond acceptors (Lipinski definition) is 8. The normalized spacial score (nSPS) is 15.0. The first-order valence-electron chi connectivity index (χ1n) is 18.1. The number of ether oxygens (including phenoxy) is 2. The Bertz CT molecular complexity index is 2150. The molecule has 2 atom stereocenters. The Hall–Kier alpha value is -4.68. The third-order valence-corrected chi connectivity index (χ3v) is 9.96. The molecule has 4 heterocycles. The molecule has 54 heavy (non-hydrogen) atoms. The van der Waals surface area contributed by atoms with Gasteiger partial charge in [0, 0.05) is 65.0 Å². The number of hydrogen-bond donors (Lipinski definition) is 4. The van der Waals surface area contributed by atoms with Crippen LogP contribution in [0.1, 0.15) is 51.7 Å². The van der Waals surface area contributed by atoms with E-state index in [4.69, 9.17) is 42.6 Å². The lowest BCUT2D eigenvalue weighted by Crippen LogP contribution is -2.43. The molecule has 2 amide bonds. The zero-order chi connectivity index (χ0) is 38.6. The smallest absolute Gasteiger partial charge is 0.410 e. The molecule has 2 aromatic carbocycles. The summed E-state index contributed by atoms with van der Waals surface area (Å²) in [5.41, 5.74) is 6.11. The topological polar surface area (TPSA) is 142 Å². The zero-order valence-electron chi connectivity index (χ0n) is 31.1. The number of aromatic amines is 1. The molecule has 0 unspecified atom stereocenters. The van der Waals surface area contributed by atoms with Gasteiger partial charge in [-0.1, -0.05) is 59.6 Å². The molecule has 1 aliphatic rings. The van der Waals surface area contributed by atoms with E-state index in [9.17, 15) is 14.7 Å². The van der Waals surface area contributed by atoms with Crippen LogP contribution in [0.4, 0.5) is 4.79 Å². The van der Waals surface area contributed by atoms with Gasteiger partial charge in [0.1, 0.15) is 11.2 Å². The molecule has 1 saturated heterocycles. The minimum atomic E-state index is -0.695. The maximum Gasteiger partial charge on any atom is 0.410 e. The van der Waals surface area contributed by atoms with Gasteiger partial charge in [0.2, 0.25) is 11.8 Å². The predicted octanol–water partition coefficient (Wildman–Crippen LogP) is 7.80. The van der Waals surface area contributed by atoms with Crippen molar-refractivity contribution in [2.75, 3.05) is 26.7 Å². The number of aromatic nitrogens is 3. The predicted molar refractivity (Wildman–Crippen MR) is 213 cm³/mol. The standard InChI is InChI=1S/C41H46Cl2N6O5/c1-24(50)20-44-19-18-25-21-45-38-28(25)14-16-33(47-38)31-10-6-8-29(36(31)42)30-9-7-11-32(37(30)43)34-15-12-26(39(48-34)53-5)22-49(40(52)54-41(2,3)4)23-27-13-17-35(51)46-27/h6-12,14-16,21,24,27,44,50H,13,17-20,22-23H2,1-5H3,(H,45,47)(H,46,51)/t24-,27-/m0/s1. The summed E-state index contributed by atoms with van der Waals surface area (Å²) < 4.78 is 11.4. The molecule has 11 nitrogen and oxygen atoms in total. The highest BCUT2D eigenvalue weighted by Crippen LogP contribution is 2.42. The van der Waals surface area contributed by atoms with Crippen molar-refractivity contribution in [1.82, 2.24) is 30.5 Å². The van der Waals surface area contributed by atoms with Gasteiger partial charge in [-0.15, -0.1) is 0 Å². The second-order valence-corrected chi connectivity index (χ2v) is 15.3. The highest BCUT2D eigenvalue weighted by molar-refractivity contribution is 6.39. The van der Waals surface area contributed by atoms with Gasteiger partial charge in [-0.05, 0) is 76.9 Å². The first kappa shape index (κ1) is 39.0. The van der Waals surface area contributed by atoms with Crippen LogP contribution in [0.25, 0.3) is 44.7 Å². The van der Waals surface area contributed by atoms with Gasteiger partial charge in [0.15, 0.2) is 0 Å². The second kappa shape index (κ2) is 16.8. The molecule has 1 fully saturated rings. The van der Waals surface area contributed by atoms with E-state index in [0.29, 0.717) is 52.1 Å². The first-order chi connectivity index (χ1) is 25.8. The van der Waals surface area contributed by atoms with Crippen molar-refractivity contribution in [3.8, 4) is 39.5 Å². The summed E-state index contributed by atoms with van der Waals surface area (Å²) >= 11 is 14.3. The van der Waals surface area contributed by atoms with E-state index in [1.165, 1.54) is 7.11 Å². The Morgan fingerprint density at radius 3 is 2.24 bits per heavy atom. The van der Waals surface area contributed by atoms with Gasteiger partial charge in [0.25, 0.3) is 0 Å². The van der Waals surface area contributed by atoms with Crippen LogP contribution >= 0.6 is 23.2 Å². The van der Waals surface area contributed by atoms with E-state index in [1.54, 1.807) is 11.8 Å². The number of amides is 2. The number of benzene rings is 2. The van der Waals surface area contributed by atoms with Crippen molar-refractivity contribution >= 4 is 46.2 Å². The van der Waals surface area contributed by atoms with Crippen LogP contribution in [-0.4, -0.2) is 81.4 Å². The van der Waals surface area contributed by atoms with Crippen molar-refractivity contribution in [3.63, 3.8) is 0 Å². The minimum Gasteiger partial charge on any atom is -0.481 e. The molecule has 0 spiro atoms. The van der Waals surface area contributed by atoms with Crippen LogP contribution in [0.5, 0.6) is 5.88 Å². The molecule has 6 rings (SSSR count). The van der Waals surface area contributed by atoms with Crippen LogP contribution in [0.3, 0.4) is 0 Å². The van der Waals surface area contributed by atoms with Crippen LogP contribution < -0.4 is 15.4 Å². The molecule has 284 valence electrons. The second-order valence-electron chi connectivity index (χ2n) is 14.6. The molecule has 0 aliphatic carbocycles. The van der Waals surface area contributed by atoms with Crippen LogP contribution in [0, 0.1) is 0 Å². The molecule has 0 radical (unpaired) electrons. The maximum atomic E-state index is 13.3. The molecule has 4 N–H and O–H groups in total. The third kappa shape index (κ3) is 9.15. The van der Waals surface area contributed by atoms with E-state index in [-0.39, 0.29) is 25.0 Å². The quantitative estimate of drug-likeness (QED) is 0.0889. The average Bonchev–Trinajstić information content (AvgIpc) is 3.74. The summed E-state index contributed by atoms with van der Waals surface area (Å²) in [5, 5.41) is 17.7. The number of rotatable bonds is 13. The number of halogens is 2. The van der Waals surface area contributed by atoms with Gasteiger partial charge in [-0.25, -0.2) is 14.8 Å². The van der Waals surface area contributed by atoms with Crippen LogP contribution in [0.15, 0.2) is 66.9 Å². The Kier molecular flexibility index (Phi) is 12.1. The fraction of sp³-hybridized carbons (Fsp3) is 0.366. The number of aliphatic hydroxyl groups excluding tert-OH is 1. The van der Waals surface area contributed by atoms with Crippen molar-refractivity contribution in [2.24, 2.45) is 0 Å². The average molecular weight is 774 g/mol. The number of carbonyl (C=O) groups excluding carboxylic acids is 2. The number of nitrogens with one attached hydrogen (secondary N) is 3. The van der Waals surface area contributed by atoms with E-state index in [0.717, 1.165) is 51.9 Å². The van der Waals surface area contributed by atoms with Gasteiger partial charge < -0.3 is 35.1 Å². The monoisotopic (exact) mass is 772 g/mol. The van der Waals surface area contributed by atoms with E-state index < -0.39 is 17.8 Å². The summed E-state index contributed by atoms with van der Waals surface area (Å²) in [6, 6.07) is 19.1. The van der Waals surface area contributed by atoms with Crippen molar-refractivity contribution < 1.29 is 24.2 Å². The zero-order valence-corrected chi connectivity index (χ0v) is 32.6. The highest BCUT2D eigenvalue weighted by Gasteiger charge is 2.29. The molecule has 5 aromatic rings. The molecule has 0 saturated carbocycles. The number of carbonyl (C=O) groups is 2. The first-order valence-corrected chi connectivity index (χ1v) is 18.8. The van der Waals surface area contributed by atoms with Crippen molar-refractivity contribution in [2.45, 2.75) is 71.2 Å². The lowest BCUT2D eigenvalue weighted by Gasteiger charge is -2.29. The summed E-state index contributed by atoms with van der Waals surface area (Å²) in [7, 11) is 1.53. The number of H-pyrrole nitrogens is 1. The summed E-state index contributed by atoms with van der Waals surface area (Å²) in [4.78, 5) is 39.8. The highest BCUT2D eigenvalue weighted by atomic mass is 35.5. The van der Waals surface area contributed by atoms with Crippen LogP contribution in [0.2, 0.25) is 10.0 Å². The third-order valence-electron chi connectivity index (χ3n) is 9.15. The summed E-state index contributed by atoms with van der Waals surface area (Å²) in [6.45, 7) is 8.95. The Labute approximate surface area is 325 Å². The van der Waals surface area contributed by atoms with Gasteiger partial charge in [0.05, 0.1) is 41.2 Å². The lowest BCUT2D eigenvalue weighted by atomic mass is 9.98. The number of fused-ring (bicyclic) bond motifs is 1. The van der Waals surface area contributed by atoms with Crippen molar-refractivity contribution in [1.29, 1.82) is 0 Å². The van der Waals surface area contributed by atoms with Gasteiger partial charge in [-0.3, -0.25) is 4.79 Å². The maximum absolute atomic E-state index is 13.3. The SMILES string of the molecule is COc1nc(-c2cccc(-c3cccc(-c4ccc5c(CCNC[C@H](C)O)c[nH]c5n4)c3Cl)c2Cl)ccc1CN(C[C@@H]1CCC(=O)N1)C(=O)OC(C)(C)C. The summed E-state index contributed by atoms with van der Waals surface area (Å²) in [5.74, 6) is 0.307. The Morgan fingerprint density at radius 2 is 1.63 bits per heavy atom. The molecule has 0 bridgehead atoms. The summed E-state index contributed by atoms with van der Waals surface area (Å²) in [6.07, 6.45) is 2.95. The Balaban J connectivity index is 1.26.